The van der Waals surface area contributed by atoms with E-state index < -0.39 is 12.1 Å². The smallest absolute Gasteiger partial charge is 0.412 e. The number of ether oxygens (including phenoxy) is 2. The quantitative estimate of drug-likeness (QED) is 0.834. The van der Waals surface area contributed by atoms with Crippen molar-refractivity contribution < 1.29 is 24.2 Å². The summed E-state index contributed by atoms with van der Waals surface area (Å²) < 4.78 is 9.55. The topological polar surface area (TPSA) is 84.9 Å². The molecule has 0 heterocycles. The van der Waals surface area contributed by atoms with Crippen LogP contribution in [0.5, 0.6) is 5.75 Å². The Kier molecular flexibility index (Phi) is 5.43. The molecule has 2 N–H and O–H groups in total. The molecule has 0 bridgehead atoms. The second-order valence-electron chi connectivity index (χ2n) is 4.53. The maximum Gasteiger partial charge on any atom is 0.412 e. The third kappa shape index (κ3) is 4.37. The maximum atomic E-state index is 11.8. The Morgan fingerprint density at radius 1 is 1.22 bits per heavy atom. The number of aromatic hydroxyl groups is 1. The van der Waals surface area contributed by atoms with E-state index in [0.29, 0.717) is 0 Å². The molecular formula is C16H14ClNO5. The predicted molar refractivity (Wildman–Crippen MR) is 84.7 cm³/mol. The minimum absolute atomic E-state index is 0.0693. The van der Waals surface area contributed by atoms with E-state index in [-0.39, 0.29) is 28.6 Å². The number of nitrogens with one attached hydrogen (secondary N) is 1. The van der Waals surface area contributed by atoms with Gasteiger partial charge in [0.05, 0.1) is 17.8 Å². The lowest BCUT2D eigenvalue weighted by Crippen LogP contribution is -2.14. The van der Waals surface area contributed by atoms with E-state index in [4.69, 9.17) is 16.3 Å². The normalized spacial score (nSPS) is 10.0. The van der Waals surface area contributed by atoms with Crippen LogP contribution in [0.15, 0.2) is 42.5 Å². The minimum atomic E-state index is -0.735. The predicted octanol–water partition coefficient (Wildman–Crippen LogP) is 3.58. The average molecular weight is 336 g/mol. The van der Waals surface area contributed by atoms with Crippen LogP contribution in [0.25, 0.3) is 0 Å². The highest BCUT2D eigenvalue weighted by molar-refractivity contribution is 6.34. The molecule has 7 heteroatoms. The summed E-state index contributed by atoms with van der Waals surface area (Å²) in [5.41, 5.74) is 0.855. The first-order valence-corrected chi connectivity index (χ1v) is 6.97. The Balaban J connectivity index is 2.03. The van der Waals surface area contributed by atoms with Gasteiger partial charge in [-0.15, -0.1) is 0 Å². The Morgan fingerprint density at radius 2 is 1.91 bits per heavy atom. The zero-order valence-corrected chi connectivity index (χ0v) is 13.0. The molecule has 0 aliphatic heterocycles. The molecule has 23 heavy (non-hydrogen) atoms. The summed E-state index contributed by atoms with van der Waals surface area (Å²) in [4.78, 5) is 23.2. The molecule has 0 radical (unpaired) electrons. The van der Waals surface area contributed by atoms with Crippen molar-refractivity contribution in [3.63, 3.8) is 0 Å². The minimum Gasteiger partial charge on any atom is -0.507 e. The van der Waals surface area contributed by atoms with Gasteiger partial charge in [-0.05, 0) is 11.6 Å². The summed E-state index contributed by atoms with van der Waals surface area (Å²) in [6.45, 7) is 0.0938. The largest absolute Gasteiger partial charge is 0.507 e. The lowest BCUT2D eigenvalue weighted by atomic mass is 10.2. The van der Waals surface area contributed by atoms with Crippen LogP contribution in [0.2, 0.25) is 5.02 Å². The van der Waals surface area contributed by atoms with Gasteiger partial charge in [-0.25, -0.2) is 9.59 Å². The number of hydrogen-bond donors (Lipinski definition) is 2. The van der Waals surface area contributed by atoms with Crippen LogP contribution in [0.3, 0.4) is 0 Å². The van der Waals surface area contributed by atoms with E-state index >= 15 is 0 Å². The molecule has 2 aromatic carbocycles. The Hall–Kier alpha value is -2.73. The number of amides is 1. The van der Waals surface area contributed by atoms with E-state index in [2.05, 4.69) is 10.1 Å². The zero-order chi connectivity index (χ0) is 16.8. The van der Waals surface area contributed by atoms with Crippen molar-refractivity contribution in [1.29, 1.82) is 0 Å². The molecule has 0 saturated carbocycles. The highest BCUT2D eigenvalue weighted by atomic mass is 35.5. The SMILES string of the molecule is COC(=O)c1cc(Cl)c(NC(=O)OCc2ccccc2)cc1O. The van der Waals surface area contributed by atoms with Gasteiger partial charge in [0.25, 0.3) is 0 Å². The highest BCUT2D eigenvalue weighted by Crippen LogP contribution is 2.30. The van der Waals surface area contributed by atoms with E-state index in [1.54, 1.807) is 0 Å². The van der Waals surface area contributed by atoms with Gasteiger partial charge in [-0.1, -0.05) is 41.9 Å². The number of rotatable bonds is 4. The molecule has 1 amide bonds. The number of hydrogen-bond acceptors (Lipinski definition) is 5. The molecular weight excluding hydrogens is 322 g/mol. The van der Waals surface area contributed by atoms with Gasteiger partial charge in [0.1, 0.15) is 17.9 Å². The number of anilines is 1. The molecule has 120 valence electrons. The molecule has 0 unspecified atom stereocenters. The van der Waals surface area contributed by atoms with Crippen molar-refractivity contribution in [2.45, 2.75) is 6.61 Å². The summed E-state index contributed by atoms with van der Waals surface area (Å²) in [6.07, 6.45) is -0.735. The van der Waals surface area contributed by atoms with Crippen molar-refractivity contribution >= 4 is 29.4 Å². The fourth-order valence-electron chi connectivity index (χ4n) is 1.80. The third-order valence-electron chi connectivity index (χ3n) is 2.94. The number of methoxy groups -OCH3 is 1. The monoisotopic (exact) mass is 335 g/mol. The van der Waals surface area contributed by atoms with Gasteiger partial charge in [0.2, 0.25) is 0 Å². The number of carbonyl (C=O) groups is 2. The standard InChI is InChI=1S/C16H14ClNO5/c1-22-15(20)11-7-12(17)13(8-14(11)19)18-16(21)23-9-10-5-3-2-4-6-10/h2-8,19H,9H2,1H3,(H,18,21). The molecule has 0 aromatic heterocycles. The lowest BCUT2D eigenvalue weighted by molar-refractivity contribution is 0.0597. The Labute approximate surface area is 137 Å². The Bertz CT molecular complexity index is 718. The molecule has 0 spiro atoms. The van der Waals surface area contributed by atoms with Gasteiger partial charge in [0, 0.05) is 6.07 Å². The number of carbonyl (C=O) groups excluding carboxylic acids is 2. The molecule has 2 rings (SSSR count). The zero-order valence-electron chi connectivity index (χ0n) is 12.2. The summed E-state index contributed by atoms with van der Waals surface area (Å²) in [6, 6.07) is 11.5. The average Bonchev–Trinajstić information content (AvgIpc) is 2.56. The van der Waals surface area contributed by atoms with Crippen LogP contribution in [-0.4, -0.2) is 24.3 Å². The van der Waals surface area contributed by atoms with Crippen molar-refractivity contribution in [1.82, 2.24) is 0 Å². The van der Waals surface area contributed by atoms with Crippen molar-refractivity contribution in [2.24, 2.45) is 0 Å². The van der Waals surface area contributed by atoms with Gasteiger partial charge in [-0.3, -0.25) is 5.32 Å². The van der Waals surface area contributed by atoms with Gasteiger partial charge >= 0.3 is 12.1 Å². The van der Waals surface area contributed by atoms with Crippen LogP contribution < -0.4 is 5.32 Å². The summed E-state index contributed by atoms with van der Waals surface area (Å²) in [5.74, 6) is -1.10. The first-order chi connectivity index (χ1) is 11.0. The lowest BCUT2D eigenvalue weighted by Gasteiger charge is -2.10. The number of halogens is 1. The van der Waals surface area contributed by atoms with Gasteiger partial charge in [-0.2, -0.15) is 0 Å². The molecule has 6 nitrogen and oxygen atoms in total. The summed E-state index contributed by atoms with van der Waals surface area (Å²) >= 11 is 5.97. The van der Waals surface area contributed by atoms with Crippen LogP contribution in [0.4, 0.5) is 10.5 Å². The maximum absolute atomic E-state index is 11.8. The fourth-order valence-corrected chi connectivity index (χ4v) is 2.01. The summed E-state index contributed by atoms with van der Waals surface area (Å²) in [5, 5.41) is 12.3. The van der Waals surface area contributed by atoms with Crippen molar-refractivity contribution in [3.8, 4) is 5.75 Å². The molecule has 0 aliphatic rings. The van der Waals surface area contributed by atoms with Crippen LogP contribution >= 0.6 is 11.6 Å². The number of esters is 1. The Morgan fingerprint density at radius 3 is 2.57 bits per heavy atom. The third-order valence-corrected chi connectivity index (χ3v) is 3.25. The van der Waals surface area contributed by atoms with Crippen molar-refractivity contribution in [2.75, 3.05) is 12.4 Å². The molecule has 0 saturated heterocycles. The van der Waals surface area contributed by atoms with Crippen LogP contribution in [0, 0.1) is 0 Å². The molecule has 0 atom stereocenters. The van der Waals surface area contributed by atoms with Gasteiger partial charge < -0.3 is 14.6 Å². The first-order valence-electron chi connectivity index (χ1n) is 6.59. The fraction of sp³-hybridized carbons (Fsp3) is 0.125. The second-order valence-corrected chi connectivity index (χ2v) is 4.93. The van der Waals surface area contributed by atoms with E-state index in [0.717, 1.165) is 11.6 Å². The van der Waals surface area contributed by atoms with E-state index in [9.17, 15) is 14.7 Å². The van der Waals surface area contributed by atoms with E-state index in [1.807, 2.05) is 30.3 Å². The second kappa shape index (κ2) is 7.51. The molecule has 2 aromatic rings. The number of benzene rings is 2. The van der Waals surface area contributed by atoms with Gasteiger partial charge in [0.15, 0.2) is 0 Å². The summed E-state index contributed by atoms with van der Waals surface area (Å²) in [7, 11) is 1.18. The highest BCUT2D eigenvalue weighted by Gasteiger charge is 2.16. The van der Waals surface area contributed by atoms with Crippen LogP contribution in [0.1, 0.15) is 15.9 Å². The van der Waals surface area contributed by atoms with E-state index in [1.165, 1.54) is 13.2 Å². The number of phenols is 1. The molecule has 0 aliphatic carbocycles. The number of phenolic OH excluding ortho intramolecular Hbond substituents is 1. The van der Waals surface area contributed by atoms with Crippen molar-refractivity contribution in [3.05, 3.63) is 58.6 Å². The first kappa shape index (κ1) is 16.6. The molecule has 0 fully saturated rings. The van der Waals surface area contributed by atoms with Crippen LogP contribution in [-0.2, 0) is 16.1 Å².